The Morgan fingerprint density at radius 2 is 1.48 bits per heavy atom. The van der Waals surface area contributed by atoms with E-state index in [1.807, 2.05) is 0 Å². The van der Waals surface area contributed by atoms with Gasteiger partial charge in [0, 0.05) is 6.42 Å². The standard InChI is InChI=1S/C24H42O7/c1-2-3-4-5-6-7-8-9-10-11-12-13-14-15-16-17-20(26)31-23-22(28)21(27)19(18-25)30-24(23)29/h6-7,9-10,19,21-25,27-29H,2-5,8,11-18H2,1H3/t19-,21-,22+,23-,24+/m1/s1. The first-order chi connectivity index (χ1) is 15.0. The van der Waals surface area contributed by atoms with Crippen LogP contribution in [-0.2, 0) is 14.3 Å². The summed E-state index contributed by atoms with van der Waals surface area (Å²) in [5, 5.41) is 38.7. The summed E-state index contributed by atoms with van der Waals surface area (Å²) >= 11 is 0. The van der Waals surface area contributed by atoms with E-state index in [9.17, 15) is 20.1 Å². The fourth-order valence-electron chi connectivity index (χ4n) is 3.49. The lowest BCUT2D eigenvalue weighted by molar-refractivity contribution is -0.290. The predicted molar refractivity (Wildman–Crippen MR) is 119 cm³/mol. The van der Waals surface area contributed by atoms with Crippen molar-refractivity contribution < 1.29 is 34.7 Å². The molecule has 0 aromatic rings. The third kappa shape index (κ3) is 11.8. The highest BCUT2D eigenvalue weighted by Gasteiger charge is 2.45. The molecule has 1 heterocycles. The highest BCUT2D eigenvalue weighted by Crippen LogP contribution is 2.23. The molecule has 0 amide bonds. The average molecular weight is 443 g/mol. The number of hydrogen-bond acceptors (Lipinski definition) is 7. The molecule has 0 spiro atoms. The van der Waals surface area contributed by atoms with Gasteiger partial charge in [0.1, 0.15) is 18.3 Å². The molecule has 4 N–H and O–H groups in total. The fraction of sp³-hybridized carbons (Fsp3) is 0.792. The highest BCUT2D eigenvalue weighted by molar-refractivity contribution is 5.69. The van der Waals surface area contributed by atoms with Crippen LogP contribution in [-0.4, -0.2) is 63.7 Å². The lowest BCUT2D eigenvalue weighted by Gasteiger charge is -2.39. The number of aliphatic hydroxyl groups is 4. The van der Waals surface area contributed by atoms with Gasteiger partial charge < -0.3 is 29.9 Å². The Hall–Kier alpha value is -1.25. The van der Waals surface area contributed by atoms with Crippen molar-refractivity contribution in [2.24, 2.45) is 0 Å². The molecule has 0 unspecified atom stereocenters. The molecule has 1 aliphatic rings. The second kappa shape index (κ2) is 17.3. The van der Waals surface area contributed by atoms with Crippen LogP contribution in [0.3, 0.4) is 0 Å². The van der Waals surface area contributed by atoms with Gasteiger partial charge in [0.05, 0.1) is 6.61 Å². The van der Waals surface area contributed by atoms with Crippen LogP contribution in [0.25, 0.3) is 0 Å². The molecule has 1 saturated heterocycles. The molecule has 0 radical (unpaired) electrons. The van der Waals surface area contributed by atoms with Crippen molar-refractivity contribution in [3.8, 4) is 0 Å². The molecule has 0 aromatic carbocycles. The van der Waals surface area contributed by atoms with Gasteiger partial charge in [-0.25, -0.2) is 0 Å². The largest absolute Gasteiger partial charge is 0.454 e. The third-order valence-corrected chi connectivity index (χ3v) is 5.44. The molecule has 1 aliphatic heterocycles. The third-order valence-electron chi connectivity index (χ3n) is 5.44. The van der Waals surface area contributed by atoms with E-state index in [4.69, 9.17) is 14.6 Å². The zero-order valence-corrected chi connectivity index (χ0v) is 18.9. The number of allylic oxidation sites excluding steroid dienone is 4. The first kappa shape index (κ1) is 27.8. The van der Waals surface area contributed by atoms with Crippen molar-refractivity contribution in [2.45, 2.75) is 115 Å². The Kier molecular flexibility index (Phi) is 15.5. The van der Waals surface area contributed by atoms with Gasteiger partial charge in [-0.05, 0) is 38.5 Å². The van der Waals surface area contributed by atoms with Crippen LogP contribution in [0.15, 0.2) is 24.3 Å². The summed E-state index contributed by atoms with van der Waals surface area (Å²) < 4.78 is 10.0. The molecule has 1 fully saturated rings. The molecular formula is C24H42O7. The van der Waals surface area contributed by atoms with Crippen LogP contribution in [0.2, 0.25) is 0 Å². The second-order valence-electron chi connectivity index (χ2n) is 8.16. The number of rotatable bonds is 16. The molecule has 0 aromatic heterocycles. The van der Waals surface area contributed by atoms with Crippen LogP contribution in [0, 0.1) is 0 Å². The van der Waals surface area contributed by atoms with Gasteiger partial charge >= 0.3 is 5.97 Å². The lowest BCUT2D eigenvalue weighted by atomic mass is 9.99. The molecule has 180 valence electrons. The number of hydrogen-bond donors (Lipinski definition) is 4. The van der Waals surface area contributed by atoms with Gasteiger partial charge in [0.2, 0.25) is 0 Å². The van der Waals surface area contributed by atoms with Crippen LogP contribution in [0.4, 0.5) is 0 Å². The summed E-state index contributed by atoms with van der Waals surface area (Å²) in [7, 11) is 0. The van der Waals surface area contributed by atoms with Crippen molar-refractivity contribution >= 4 is 5.97 Å². The average Bonchev–Trinajstić information content (AvgIpc) is 2.76. The number of esters is 1. The van der Waals surface area contributed by atoms with Crippen molar-refractivity contribution in [3.63, 3.8) is 0 Å². The molecule has 0 aliphatic carbocycles. The van der Waals surface area contributed by atoms with Crippen molar-refractivity contribution in [3.05, 3.63) is 24.3 Å². The minimum absolute atomic E-state index is 0.181. The van der Waals surface area contributed by atoms with Crippen molar-refractivity contribution in [1.29, 1.82) is 0 Å². The van der Waals surface area contributed by atoms with Crippen LogP contribution >= 0.6 is 0 Å². The van der Waals surface area contributed by atoms with Crippen LogP contribution < -0.4 is 0 Å². The molecule has 5 atom stereocenters. The van der Waals surface area contributed by atoms with Gasteiger partial charge in [-0.15, -0.1) is 0 Å². The summed E-state index contributed by atoms with van der Waals surface area (Å²) in [6.45, 7) is 1.66. The number of ether oxygens (including phenoxy) is 2. The quantitative estimate of drug-likeness (QED) is 0.165. The predicted octanol–water partition coefficient (Wildman–Crippen LogP) is 3.14. The first-order valence-corrected chi connectivity index (χ1v) is 11.8. The van der Waals surface area contributed by atoms with Gasteiger partial charge in [0.15, 0.2) is 12.4 Å². The maximum Gasteiger partial charge on any atom is 0.306 e. The summed E-state index contributed by atoms with van der Waals surface area (Å²) in [6, 6.07) is 0. The van der Waals surface area contributed by atoms with E-state index >= 15 is 0 Å². The number of carbonyl (C=O) groups is 1. The Morgan fingerprint density at radius 1 is 0.871 bits per heavy atom. The summed E-state index contributed by atoms with van der Waals surface area (Å²) in [5.74, 6) is -0.549. The minimum atomic E-state index is -1.58. The monoisotopic (exact) mass is 442 g/mol. The smallest absolute Gasteiger partial charge is 0.306 e. The number of unbranched alkanes of at least 4 members (excludes halogenated alkanes) is 8. The second-order valence-corrected chi connectivity index (χ2v) is 8.16. The van der Waals surface area contributed by atoms with Crippen molar-refractivity contribution in [1.82, 2.24) is 0 Å². The van der Waals surface area contributed by atoms with Gasteiger partial charge in [-0.2, -0.15) is 0 Å². The maximum absolute atomic E-state index is 11.9. The number of aliphatic hydroxyl groups excluding tert-OH is 4. The maximum atomic E-state index is 11.9. The van der Waals surface area contributed by atoms with Gasteiger partial charge in [-0.3, -0.25) is 4.79 Å². The molecule has 31 heavy (non-hydrogen) atoms. The van der Waals surface area contributed by atoms with Crippen LogP contribution in [0.1, 0.15) is 84.0 Å². The first-order valence-electron chi connectivity index (χ1n) is 11.8. The number of carbonyl (C=O) groups excluding carboxylic acids is 1. The topological polar surface area (TPSA) is 116 Å². The lowest BCUT2D eigenvalue weighted by Crippen LogP contribution is -2.59. The Balaban J connectivity index is 2.03. The van der Waals surface area contributed by atoms with E-state index in [0.717, 1.165) is 38.5 Å². The van der Waals surface area contributed by atoms with E-state index in [-0.39, 0.29) is 6.42 Å². The van der Waals surface area contributed by atoms with Gasteiger partial charge in [-0.1, -0.05) is 63.3 Å². The molecule has 1 rings (SSSR count). The summed E-state index contributed by atoms with van der Waals surface area (Å²) in [5.41, 5.74) is 0. The molecule has 7 heteroatoms. The normalized spacial score (nSPS) is 26.7. The molecule has 0 bridgehead atoms. The Labute approximate surface area is 186 Å². The SMILES string of the molecule is CCCCCC=CCC=CCCCCCCCC(=O)O[C@@H]1[C@@H](O)[C@H](O)[C@@H](CO)O[C@@H]1O. The molecule has 0 saturated carbocycles. The summed E-state index contributed by atoms with van der Waals surface area (Å²) in [6.07, 6.45) is 14.1. The van der Waals surface area contributed by atoms with Gasteiger partial charge in [0.25, 0.3) is 0 Å². The van der Waals surface area contributed by atoms with Crippen LogP contribution in [0.5, 0.6) is 0 Å². The molecular weight excluding hydrogens is 400 g/mol. The van der Waals surface area contributed by atoms with E-state index in [1.165, 1.54) is 25.7 Å². The van der Waals surface area contributed by atoms with E-state index in [2.05, 4.69) is 31.2 Å². The van der Waals surface area contributed by atoms with E-state index in [0.29, 0.717) is 6.42 Å². The minimum Gasteiger partial charge on any atom is -0.454 e. The van der Waals surface area contributed by atoms with E-state index in [1.54, 1.807) is 0 Å². The zero-order chi connectivity index (χ0) is 22.9. The summed E-state index contributed by atoms with van der Waals surface area (Å²) in [4.78, 5) is 11.9. The Morgan fingerprint density at radius 3 is 2.13 bits per heavy atom. The van der Waals surface area contributed by atoms with Crippen molar-refractivity contribution in [2.75, 3.05) is 6.61 Å². The fourth-order valence-corrected chi connectivity index (χ4v) is 3.49. The van der Waals surface area contributed by atoms with E-state index < -0.39 is 43.3 Å². The zero-order valence-electron chi connectivity index (χ0n) is 18.9. The Bertz CT molecular complexity index is 520. The highest BCUT2D eigenvalue weighted by atomic mass is 16.7. The molecule has 7 nitrogen and oxygen atoms in total.